The number of alkyl halides is 2. The Hall–Kier alpha value is -3.68. The van der Waals surface area contributed by atoms with Gasteiger partial charge in [0.05, 0.1) is 11.9 Å². The Kier molecular flexibility index (Phi) is 4.29. The zero-order valence-corrected chi connectivity index (χ0v) is 13.9. The second kappa shape index (κ2) is 6.91. The van der Waals surface area contributed by atoms with E-state index in [4.69, 9.17) is 0 Å². The summed E-state index contributed by atoms with van der Waals surface area (Å²) in [6, 6.07) is 13.5. The number of nitrogens with one attached hydrogen (secondary N) is 1. The molecule has 4 aromatic rings. The monoisotopic (exact) mass is 365 g/mol. The van der Waals surface area contributed by atoms with E-state index in [9.17, 15) is 13.6 Å². The first kappa shape index (κ1) is 16.8. The minimum atomic E-state index is -2.77. The van der Waals surface area contributed by atoms with Crippen molar-refractivity contribution in [3.05, 3.63) is 78.4 Å². The van der Waals surface area contributed by atoms with Gasteiger partial charge in [0.15, 0.2) is 5.65 Å². The summed E-state index contributed by atoms with van der Waals surface area (Å²) >= 11 is 0. The Balaban J connectivity index is 1.83. The van der Waals surface area contributed by atoms with E-state index in [0.717, 1.165) is 4.52 Å². The highest BCUT2D eigenvalue weighted by Crippen LogP contribution is 2.26. The van der Waals surface area contributed by atoms with Crippen molar-refractivity contribution in [3.8, 4) is 11.3 Å². The third kappa shape index (κ3) is 3.24. The molecule has 6 nitrogen and oxygen atoms in total. The molecule has 0 saturated carbocycles. The minimum Gasteiger partial charge on any atom is -0.322 e. The number of fused-ring (bicyclic) bond motifs is 1. The number of amides is 1. The molecule has 0 saturated heterocycles. The summed E-state index contributed by atoms with van der Waals surface area (Å²) in [6.45, 7) is 0. The topological polar surface area (TPSA) is 72.2 Å². The Bertz CT molecular complexity index is 1100. The summed E-state index contributed by atoms with van der Waals surface area (Å²) < 4.78 is 28.1. The van der Waals surface area contributed by atoms with Crippen LogP contribution in [-0.2, 0) is 0 Å². The maximum absolute atomic E-state index is 13.6. The van der Waals surface area contributed by atoms with Crippen LogP contribution in [0.2, 0.25) is 0 Å². The number of hydrogen-bond donors (Lipinski definition) is 1. The largest absolute Gasteiger partial charge is 0.322 e. The lowest BCUT2D eigenvalue weighted by Gasteiger charge is -2.08. The summed E-state index contributed by atoms with van der Waals surface area (Å²) in [5.41, 5.74) is 1.38. The van der Waals surface area contributed by atoms with Crippen molar-refractivity contribution in [3.63, 3.8) is 0 Å². The molecule has 1 N–H and O–H groups in total. The summed E-state index contributed by atoms with van der Waals surface area (Å²) in [6.07, 6.45) is 1.53. The van der Waals surface area contributed by atoms with E-state index in [1.807, 2.05) is 6.07 Å². The second-order valence-electron chi connectivity index (χ2n) is 5.72. The van der Waals surface area contributed by atoms with Crippen LogP contribution >= 0.6 is 0 Å². The van der Waals surface area contributed by atoms with Gasteiger partial charge in [-0.15, -0.1) is 0 Å². The molecule has 0 aliphatic rings. The number of carbonyl (C=O) groups excluding carboxylic acids is 1. The Labute approximate surface area is 152 Å². The lowest BCUT2D eigenvalue weighted by atomic mass is 10.1. The van der Waals surface area contributed by atoms with Crippen molar-refractivity contribution in [2.75, 3.05) is 5.32 Å². The van der Waals surface area contributed by atoms with E-state index in [-0.39, 0.29) is 16.9 Å². The van der Waals surface area contributed by atoms with Crippen molar-refractivity contribution >= 4 is 17.2 Å². The van der Waals surface area contributed by atoms with Crippen LogP contribution < -0.4 is 5.32 Å². The van der Waals surface area contributed by atoms with Gasteiger partial charge in [-0.05, 0) is 18.2 Å². The molecule has 0 bridgehead atoms. The molecule has 0 radical (unpaired) electrons. The average Bonchev–Trinajstić information content (AvgIpc) is 3.12. The van der Waals surface area contributed by atoms with Gasteiger partial charge in [-0.3, -0.25) is 9.78 Å². The van der Waals surface area contributed by atoms with Gasteiger partial charge >= 0.3 is 0 Å². The molecule has 0 aliphatic carbocycles. The fourth-order valence-electron chi connectivity index (χ4n) is 2.69. The lowest BCUT2D eigenvalue weighted by molar-refractivity contribution is 0.102. The molecule has 8 heteroatoms. The first-order valence-electron chi connectivity index (χ1n) is 8.07. The van der Waals surface area contributed by atoms with Gasteiger partial charge in [0.25, 0.3) is 12.3 Å². The maximum atomic E-state index is 13.6. The van der Waals surface area contributed by atoms with Crippen LogP contribution in [0.15, 0.2) is 67.1 Å². The summed E-state index contributed by atoms with van der Waals surface area (Å²) in [5, 5.41) is 6.62. The number of carbonyl (C=O) groups is 1. The number of hydrogen-bond acceptors (Lipinski definition) is 4. The molecule has 3 aromatic heterocycles. The molecule has 4 rings (SSSR count). The SMILES string of the molecule is O=C(Nc1ccncc1)c1cnn2c(C(F)F)cc(-c3ccccc3)nc12. The highest BCUT2D eigenvalue weighted by Gasteiger charge is 2.21. The van der Waals surface area contributed by atoms with Crippen LogP contribution in [0.3, 0.4) is 0 Å². The predicted octanol–water partition coefficient (Wildman–Crippen LogP) is 3.98. The van der Waals surface area contributed by atoms with Crippen LogP contribution in [0.1, 0.15) is 22.5 Å². The smallest absolute Gasteiger partial charge is 0.280 e. The molecule has 0 spiro atoms. The van der Waals surface area contributed by atoms with Crippen LogP contribution in [0.5, 0.6) is 0 Å². The standard InChI is InChI=1S/C19H13F2N5O/c20-17(21)16-10-15(12-4-2-1-3-5-12)25-18-14(11-23-26(16)18)19(27)24-13-6-8-22-9-7-13/h1-11,17H,(H,22,24,27). The van der Waals surface area contributed by atoms with E-state index >= 15 is 0 Å². The predicted molar refractivity (Wildman–Crippen MR) is 95.6 cm³/mol. The third-order valence-corrected chi connectivity index (χ3v) is 3.98. The van der Waals surface area contributed by atoms with Gasteiger partial charge in [-0.1, -0.05) is 30.3 Å². The maximum Gasteiger partial charge on any atom is 0.280 e. The van der Waals surface area contributed by atoms with Gasteiger partial charge in [-0.2, -0.15) is 5.10 Å². The number of benzene rings is 1. The van der Waals surface area contributed by atoms with E-state index in [0.29, 0.717) is 16.9 Å². The van der Waals surface area contributed by atoms with Crippen LogP contribution in [0.25, 0.3) is 16.9 Å². The average molecular weight is 365 g/mol. The summed E-state index contributed by atoms with van der Waals surface area (Å²) in [4.78, 5) is 20.9. The fraction of sp³-hybridized carbons (Fsp3) is 0.0526. The van der Waals surface area contributed by atoms with Gasteiger partial charge in [-0.25, -0.2) is 18.3 Å². The number of pyridine rings is 1. The Morgan fingerprint density at radius 3 is 2.52 bits per heavy atom. The van der Waals surface area contributed by atoms with Crippen LogP contribution in [0, 0.1) is 0 Å². The molecular formula is C19H13F2N5O. The zero-order chi connectivity index (χ0) is 18.8. The van der Waals surface area contributed by atoms with E-state index < -0.39 is 12.3 Å². The first-order chi connectivity index (χ1) is 13.1. The quantitative estimate of drug-likeness (QED) is 0.594. The van der Waals surface area contributed by atoms with Gasteiger partial charge in [0, 0.05) is 23.6 Å². The normalized spacial score (nSPS) is 11.1. The molecule has 134 valence electrons. The van der Waals surface area contributed by atoms with E-state index in [2.05, 4.69) is 20.4 Å². The fourth-order valence-corrected chi connectivity index (χ4v) is 2.69. The Morgan fingerprint density at radius 1 is 1.07 bits per heavy atom. The third-order valence-electron chi connectivity index (χ3n) is 3.98. The van der Waals surface area contributed by atoms with Crippen molar-refractivity contribution in [1.82, 2.24) is 19.6 Å². The molecule has 1 amide bonds. The summed E-state index contributed by atoms with van der Waals surface area (Å²) in [7, 11) is 0. The van der Waals surface area contributed by atoms with Crippen LogP contribution in [-0.4, -0.2) is 25.5 Å². The number of aromatic nitrogens is 4. The number of anilines is 1. The molecule has 0 unspecified atom stereocenters. The van der Waals surface area contributed by atoms with E-state index in [1.54, 1.807) is 36.4 Å². The molecule has 0 fully saturated rings. The Morgan fingerprint density at radius 2 is 1.81 bits per heavy atom. The highest BCUT2D eigenvalue weighted by atomic mass is 19.3. The van der Waals surface area contributed by atoms with Crippen molar-refractivity contribution in [2.24, 2.45) is 0 Å². The van der Waals surface area contributed by atoms with Gasteiger partial charge in [0.2, 0.25) is 0 Å². The lowest BCUT2D eigenvalue weighted by Crippen LogP contribution is -2.12. The minimum absolute atomic E-state index is 0.0678. The summed E-state index contributed by atoms with van der Waals surface area (Å²) in [5.74, 6) is -0.492. The molecule has 27 heavy (non-hydrogen) atoms. The van der Waals surface area contributed by atoms with Gasteiger partial charge < -0.3 is 5.32 Å². The number of rotatable bonds is 4. The van der Waals surface area contributed by atoms with Crippen molar-refractivity contribution in [2.45, 2.75) is 6.43 Å². The van der Waals surface area contributed by atoms with Crippen LogP contribution in [0.4, 0.5) is 14.5 Å². The van der Waals surface area contributed by atoms with Gasteiger partial charge in [0.1, 0.15) is 11.3 Å². The number of halogens is 2. The number of nitrogens with zero attached hydrogens (tertiary/aromatic N) is 4. The van der Waals surface area contributed by atoms with Crippen molar-refractivity contribution < 1.29 is 13.6 Å². The second-order valence-corrected chi connectivity index (χ2v) is 5.72. The molecule has 1 aromatic carbocycles. The molecule has 3 heterocycles. The first-order valence-corrected chi connectivity index (χ1v) is 8.07. The van der Waals surface area contributed by atoms with E-state index in [1.165, 1.54) is 24.7 Å². The molecular weight excluding hydrogens is 352 g/mol. The zero-order valence-electron chi connectivity index (χ0n) is 13.9. The molecule has 0 aliphatic heterocycles. The van der Waals surface area contributed by atoms with Crippen molar-refractivity contribution in [1.29, 1.82) is 0 Å². The highest BCUT2D eigenvalue weighted by molar-refractivity contribution is 6.08. The molecule has 0 atom stereocenters.